The van der Waals surface area contributed by atoms with Gasteiger partial charge in [-0.1, -0.05) is 0 Å². The van der Waals surface area contributed by atoms with Gasteiger partial charge in [0.15, 0.2) is 0 Å². The Hall–Kier alpha value is -0.450. The molecule has 96 valence electrons. The molecule has 0 aliphatic carbocycles. The van der Waals surface area contributed by atoms with Crippen LogP contribution >= 0.6 is 11.8 Å². The minimum atomic E-state index is 0.305. The molecule has 3 nitrogen and oxygen atoms in total. The first-order chi connectivity index (χ1) is 8.27. The van der Waals surface area contributed by atoms with Crippen LogP contribution in [0.3, 0.4) is 0 Å². The number of hydrogen-bond donors (Lipinski definition) is 1. The molecule has 2 unspecified atom stereocenters. The molecule has 0 bridgehead atoms. The summed E-state index contributed by atoms with van der Waals surface area (Å²) in [7, 11) is 0. The van der Waals surface area contributed by atoms with Crippen molar-refractivity contribution in [2.45, 2.75) is 25.9 Å². The minimum Gasteiger partial charge on any atom is -0.468 e. The molecule has 0 spiro atoms. The Morgan fingerprint density at radius 3 is 3.24 bits per heavy atom. The lowest BCUT2D eigenvalue weighted by atomic mass is 10.2. The highest BCUT2D eigenvalue weighted by atomic mass is 32.2. The zero-order chi connectivity index (χ0) is 12.1. The normalized spacial score (nSPS) is 23.8. The molecule has 1 aromatic heterocycles. The van der Waals surface area contributed by atoms with Crippen LogP contribution in [0.5, 0.6) is 0 Å². The Bertz CT molecular complexity index is 315. The van der Waals surface area contributed by atoms with Gasteiger partial charge in [0.2, 0.25) is 0 Å². The summed E-state index contributed by atoms with van der Waals surface area (Å²) in [6.07, 6.45) is 1.73. The molecular formula is C13H22N2OS. The number of rotatable bonds is 5. The fourth-order valence-corrected chi connectivity index (χ4v) is 3.24. The van der Waals surface area contributed by atoms with Crippen LogP contribution in [-0.4, -0.2) is 42.1 Å². The lowest BCUT2D eigenvalue weighted by Gasteiger charge is -2.33. The Morgan fingerprint density at radius 2 is 2.53 bits per heavy atom. The third-order valence-corrected chi connectivity index (χ3v) is 4.51. The molecule has 2 atom stereocenters. The molecule has 1 aliphatic heterocycles. The molecule has 0 saturated carbocycles. The highest BCUT2D eigenvalue weighted by Crippen LogP contribution is 2.15. The molecule has 1 aromatic rings. The number of nitrogens with zero attached hydrogens (tertiary/aromatic N) is 1. The van der Waals surface area contributed by atoms with Crippen LogP contribution in [0.2, 0.25) is 0 Å². The van der Waals surface area contributed by atoms with Crippen molar-refractivity contribution in [1.82, 2.24) is 10.2 Å². The van der Waals surface area contributed by atoms with Gasteiger partial charge in [-0.3, -0.25) is 4.90 Å². The molecule has 0 aromatic carbocycles. The lowest BCUT2D eigenvalue weighted by molar-refractivity contribution is 0.229. The molecule has 2 rings (SSSR count). The molecular weight excluding hydrogens is 232 g/mol. The Labute approximate surface area is 108 Å². The van der Waals surface area contributed by atoms with Crippen LogP contribution in [0.25, 0.3) is 0 Å². The minimum absolute atomic E-state index is 0.305. The third-order valence-electron chi connectivity index (χ3n) is 3.32. The van der Waals surface area contributed by atoms with Crippen molar-refractivity contribution < 1.29 is 4.42 Å². The quantitative estimate of drug-likeness (QED) is 0.873. The van der Waals surface area contributed by atoms with Crippen molar-refractivity contribution >= 4 is 11.8 Å². The molecule has 1 fully saturated rings. The maximum atomic E-state index is 5.38. The van der Waals surface area contributed by atoms with Crippen molar-refractivity contribution in [2.24, 2.45) is 0 Å². The zero-order valence-electron chi connectivity index (χ0n) is 10.7. The van der Waals surface area contributed by atoms with E-state index >= 15 is 0 Å². The van der Waals surface area contributed by atoms with E-state index in [2.05, 4.69) is 35.8 Å². The molecule has 0 amide bonds. The van der Waals surface area contributed by atoms with Gasteiger partial charge in [-0.05, 0) is 26.0 Å². The van der Waals surface area contributed by atoms with E-state index in [1.54, 1.807) is 6.26 Å². The summed E-state index contributed by atoms with van der Waals surface area (Å²) in [6.45, 7) is 7.85. The van der Waals surface area contributed by atoms with Crippen LogP contribution in [-0.2, 0) is 0 Å². The van der Waals surface area contributed by atoms with Crippen molar-refractivity contribution in [3.05, 3.63) is 24.2 Å². The van der Waals surface area contributed by atoms with Crippen LogP contribution in [0.1, 0.15) is 25.6 Å². The Morgan fingerprint density at radius 1 is 1.65 bits per heavy atom. The number of furan rings is 1. The SMILES string of the molecule is CC(NCCN1CCSCC1C)c1ccco1. The predicted molar refractivity (Wildman–Crippen MR) is 73.5 cm³/mol. The molecule has 1 aliphatic rings. The van der Waals surface area contributed by atoms with Crippen LogP contribution in [0.4, 0.5) is 0 Å². The molecule has 4 heteroatoms. The van der Waals surface area contributed by atoms with Gasteiger partial charge in [0, 0.05) is 37.2 Å². The summed E-state index contributed by atoms with van der Waals surface area (Å²) in [6, 6.07) is 4.99. The summed E-state index contributed by atoms with van der Waals surface area (Å²) in [5, 5.41) is 3.51. The molecule has 1 N–H and O–H groups in total. The second-order valence-electron chi connectivity index (χ2n) is 4.65. The molecule has 1 saturated heterocycles. The monoisotopic (exact) mass is 254 g/mol. The van der Waals surface area contributed by atoms with Gasteiger partial charge in [-0.15, -0.1) is 0 Å². The second kappa shape index (κ2) is 6.47. The number of thioether (sulfide) groups is 1. The molecule has 0 radical (unpaired) electrons. The lowest BCUT2D eigenvalue weighted by Crippen LogP contribution is -2.43. The third kappa shape index (κ3) is 3.76. The molecule has 2 heterocycles. The van der Waals surface area contributed by atoms with Crippen molar-refractivity contribution in [3.63, 3.8) is 0 Å². The van der Waals surface area contributed by atoms with Gasteiger partial charge in [0.05, 0.1) is 12.3 Å². The van der Waals surface area contributed by atoms with Gasteiger partial charge in [-0.25, -0.2) is 0 Å². The van der Waals surface area contributed by atoms with Crippen molar-refractivity contribution in [1.29, 1.82) is 0 Å². The summed E-state index contributed by atoms with van der Waals surface area (Å²) < 4.78 is 5.38. The zero-order valence-corrected chi connectivity index (χ0v) is 11.5. The first-order valence-corrected chi connectivity index (χ1v) is 7.51. The average molecular weight is 254 g/mol. The summed E-state index contributed by atoms with van der Waals surface area (Å²) in [5.41, 5.74) is 0. The summed E-state index contributed by atoms with van der Waals surface area (Å²) >= 11 is 2.07. The standard InChI is InChI=1S/C13H22N2OS/c1-11-10-17-9-7-15(11)6-5-14-12(2)13-4-3-8-16-13/h3-4,8,11-12,14H,5-7,9-10H2,1-2H3. The highest BCUT2D eigenvalue weighted by Gasteiger charge is 2.18. The van der Waals surface area contributed by atoms with E-state index in [0.29, 0.717) is 6.04 Å². The maximum absolute atomic E-state index is 5.38. The van der Waals surface area contributed by atoms with E-state index in [-0.39, 0.29) is 0 Å². The summed E-state index contributed by atoms with van der Waals surface area (Å²) in [5.74, 6) is 3.57. The van der Waals surface area contributed by atoms with Gasteiger partial charge >= 0.3 is 0 Å². The maximum Gasteiger partial charge on any atom is 0.120 e. The van der Waals surface area contributed by atoms with Gasteiger partial charge in [-0.2, -0.15) is 11.8 Å². The highest BCUT2D eigenvalue weighted by molar-refractivity contribution is 7.99. The smallest absolute Gasteiger partial charge is 0.120 e. The largest absolute Gasteiger partial charge is 0.468 e. The van der Waals surface area contributed by atoms with Crippen LogP contribution < -0.4 is 5.32 Å². The van der Waals surface area contributed by atoms with Crippen LogP contribution in [0, 0.1) is 0 Å². The number of hydrogen-bond acceptors (Lipinski definition) is 4. The van der Waals surface area contributed by atoms with Crippen LogP contribution in [0.15, 0.2) is 22.8 Å². The van der Waals surface area contributed by atoms with E-state index in [0.717, 1.165) is 24.9 Å². The van der Waals surface area contributed by atoms with Crippen molar-refractivity contribution in [2.75, 3.05) is 31.1 Å². The van der Waals surface area contributed by atoms with Gasteiger partial charge in [0.1, 0.15) is 5.76 Å². The Balaban J connectivity index is 1.68. The summed E-state index contributed by atoms with van der Waals surface area (Å²) in [4.78, 5) is 2.57. The predicted octanol–water partition coefficient (Wildman–Crippen LogP) is 2.37. The average Bonchev–Trinajstić information content (AvgIpc) is 2.85. The second-order valence-corrected chi connectivity index (χ2v) is 5.80. The van der Waals surface area contributed by atoms with Gasteiger partial charge in [0.25, 0.3) is 0 Å². The van der Waals surface area contributed by atoms with E-state index in [9.17, 15) is 0 Å². The first-order valence-electron chi connectivity index (χ1n) is 6.36. The van der Waals surface area contributed by atoms with E-state index < -0.39 is 0 Å². The first kappa shape index (κ1) is 13.0. The van der Waals surface area contributed by atoms with Crippen molar-refractivity contribution in [3.8, 4) is 0 Å². The topological polar surface area (TPSA) is 28.4 Å². The molecule has 17 heavy (non-hydrogen) atoms. The van der Waals surface area contributed by atoms with E-state index in [1.165, 1.54) is 18.1 Å². The fourth-order valence-electron chi connectivity index (χ4n) is 2.16. The van der Waals surface area contributed by atoms with E-state index in [4.69, 9.17) is 4.42 Å². The fraction of sp³-hybridized carbons (Fsp3) is 0.692. The van der Waals surface area contributed by atoms with Gasteiger partial charge < -0.3 is 9.73 Å². The van der Waals surface area contributed by atoms with E-state index in [1.807, 2.05) is 12.1 Å². The Kier molecular flexibility index (Phi) is 4.95. The number of nitrogens with one attached hydrogen (secondary N) is 1.